The number of urea groups is 1. The summed E-state index contributed by atoms with van der Waals surface area (Å²) < 4.78 is 53.6. The number of nitrogens with one attached hydrogen (secondary N) is 2. The van der Waals surface area contributed by atoms with Crippen LogP contribution in [0, 0.1) is 5.82 Å². The molecule has 0 spiro atoms. The summed E-state index contributed by atoms with van der Waals surface area (Å²) in [5.74, 6) is -1.62. The molecule has 0 aromatic heterocycles. The number of para-hydroxylation sites is 1. The maximum Gasteiger partial charge on any atom is 0.418 e. The first-order valence-corrected chi connectivity index (χ1v) is 8.73. The maximum atomic E-state index is 14.2. The van der Waals surface area contributed by atoms with E-state index in [2.05, 4.69) is 15.9 Å². The molecule has 2 aromatic rings. The summed E-state index contributed by atoms with van der Waals surface area (Å²) >= 11 is 3.27. The van der Waals surface area contributed by atoms with Crippen LogP contribution in [-0.2, 0) is 6.18 Å². The Bertz CT molecular complexity index is 911. The van der Waals surface area contributed by atoms with E-state index in [0.29, 0.717) is 4.47 Å². The molecule has 9 heteroatoms. The number of halogens is 5. The molecule has 0 saturated heterocycles. The number of hydrogen-bond acceptors (Lipinski definition) is 2. The highest BCUT2D eigenvalue weighted by atomic mass is 79.9. The molecule has 142 valence electrons. The lowest BCUT2D eigenvalue weighted by Crippen LogP contribution is -2.35. The van der Waals surface area contributed by atoms with Crippen molar-refractivity contribution in [2.45, 2.75) is 24.9 Å². The second-order valence-corrected chi connectivity index (χ2v) is 6.93. The van der Waals surface area contributed by atoms with Crippen molar-refractivity contribution in [1.29, 1.82) is 0 Å². The van der Waals surface area contributed by atoms with Crippen LogP contribution in [-0.4, -0.2) is 11.9 Å². The molecule has 2 aromatic carbocycles. The van der Waals surface area contributed by atoms with Crippen molar-refractivity contribution in [3.8, 4) is 0 Å². The predicted molar refractivity (Wildman–Crippen MR) is 94.0 cm³/mol. The number of carbonyl (C=O) groups excluding carboxylic acids is 2. The van der Waals surface area contributed by atoms with Gasteiger partial charge in [0.2, 0.25) is 0 Å². The molecule has 0 radical (unpaired) electrons. The fourth-order valence-corrected chi connectivity index (χ4v) is 3.27. The van der Waals surface area contributed by atoms with E-state index < -0.39 is 35.2 Å². The van der Waals surface area contributed by atoms with Gasteiger partial charge < -0.3 is 5.32 Å². The molecule has 0 unspecified atom stereocenters. The highest BCUT2D eigenvalue weighted by Gasteiger charge is 2.34. The van der Waals surface area contributed by atoms with Gasteiger partial charge in [0.05, 0.1) is 16.8 Å². The molecule has 1 aliphatic carbocycles. The van der Waals surface area contributed by atoms with Gasteiger partial charge in [-0.15, -0.1) is 0 Å². The molecule has 2 N–H and O–H groups in total. The monoisotopic (exact) mass is 444 g/mol. The lowest BCUT2D eigenvalue weighted by molar-refractivity contribution is -0.136. The summed E-state index contributed by atoms with van der Waals surface area (Å²) in [5.41, 5.74) is -1.21. The van der Waals surface area contributed by atoms with Crippen LogP contribution in [0.2, 0.25) is 0 Å². The number of anilines is 1. The number of carbonyl (C=O) groups is 2. The van der Waals surface area contributed by atoms with Gasteiger partial charge in [-0.25, -0.2) is 9.18 Å². The lowest BCUT2D eigenvalue weighted by Gasteiger charge is -2.14. The molecule has 0 atom stereocenters. The third-order valence-corrected chi connectivity index (χ3v) is 4.74. The van der Waals surface area contributed by atoms with E-state index in [-0.39, 0.29) is 11.5 Å². The fraction of sp³-hybridized carbons (Fsp3) is 0.222. The van der Waals surface area contributed by atoms with Crippen molar-refractivity contribution >= 4 is 33.6 Å². The van der Waals surface area contributed by atoms with Crippen molar-refractivity contribution < 1.29 is 27.2 Å². The first-order valence-electron chi connectivity index (χ1n) is 7.94. The molecule has 0 aliphatic heterocycles. The number of benzene rings is 2. The second-order valence-electron chi connectivity index (χ2n) is 6.08. The number of alkyl halides is 3. The predicted octanol–water partition coefficient (Wildman–Crippen LogP) is 5.45. The Morgan fingerprint density at radius 1 is 1.11 bits per heavy atom. The summed E-state index contributed by atoms with van der Waals surface area (Å²) in [7, 11) is 0. The number of rotatable bonds is 3. The van der Waals surface area contributed by atoms with E-state index in [1.165, 1.54) is 24.3 Å². The van der Waals surface area contributed by atoms with E-state index in [4.69, 9.17) is 0 Å². The molecule has 3 amide bonds. The molecule has 0 heterocycles. The van der Waals surface area contributed by atoms with Crippen LogP contribution < -0.4 is 10.6 Å². The van der Waals surface area contributed by atoms with Crippen LogP contribution in [0.1, 0.15) is 40.2 Å². The molecule has 1 saturated carbocycles. The quantitative estimate of drug-likeness (QED) is 0.618. The SMILES string of the molecule is O=C(NC(=O)c1cc(Br)c(C2CC2)cc1F)Nc1ccccc1C(F)(F)F. The molecule has 0 bridgehead atoms. The Kier molecular flexibility index (Phi) is 5.23. The van der Waals surface area contributed by atoms with Gasteiger partial charge in [-0.2, -0.15) is 13.2 Å². The topological polar surface area (TPSA) is 58.2 Å². The fourth-order valence-electron chi connectivity index (χ4n) is 2.61. The van der Waals surface area contributed by atoms with Crippen LogP contribution in [0.3, 0.4) is 0 Å². The third-order valence-electron chi connectivity index (χ3n) is 4.06. The maximum absolute atomic E-state index is 14.2. The summed E-state index contributed by atoms with van der Waals surface area (Å²) in [6.07, 6.45) is -2.81. The molecule has 4 nitrogen and oxygen atoms in total. The first-order chi connectivity index (χ1) is 12.7. The Hall–Kier alpha value is -2.42. The Morgan fingerprint density at radius 3 is 2.41 bits per heavy atom. The van der Waals surface area contributed by atoms with Gasteiger partial charge >= 0.3 is 12.2 Å². The van der Waals surface area contributed by atoms with Crippen LogP contribution in [0.5, 0.6) is 0 Å². The minimum atomic E-state index is -4.68. The third kappa shape index (κ3) is 4.47. The van der Waals surface area contributed by atoms with E-state index in [9.17, 15) is 27.2 Å². The summed E-state index contributed by atoms with van der Waals surface area (Å²) in [5, 5.41) is 3.80. The van der Waals surface area contributed by atoms with Gasteiger partial charge in [-0.3, -0.25) is 10.1 Å². The lowest BCUT2D eigenvalue weighted by atomic mass is 10.1. The second kappa shape index (κ2) is 7.30. The zero-order valence-electron chi connectivity index (χ0n) is 13.7. The van der Waals surface area contributed by atoms with E-state index >= 15 is 0 Å². The first kappa shape index (κ1) is 19.3. The number of amides is 3. The van der Waals surface area contributed by atoms with Gasteiger partial charge in [0.1, 0.15) is 5.82 Å². The molecular formula is C18H13BrF4N2O2. The van der Waals surface area contributed by atoms with Gasteiger partial charge in [-0.05, 0) is 48.6 Å². The highest BCUT2D eigenvalue weighted by molar-refractivity contribution is 9.10. The zero-order valence-corrected chi connectivity index (χ0v) is 15.2. The number of imide groups is 1. The number of hydrogen-bond donors (Lipinski definition) is 2. The van der Waals surface area contributed by atoms with Crippen LogP contribution >= 0.6 is 15.9 Å². The standard InChI is InChI=1S/C18H13BrF4N2O2/c19-13-7-11(14(20)8-10(13)9-5-6-9)16(26)25-17(27)24-15-4-2-1-3-12(15)18(21,22)23/h1-4,7-9H,5-6H2,(H2,24,25,26,27). The van der Waals surface area contributed by atoms with Crippen LogP contribution in [0.25, 0.3) is 0 Å². The minimum absolute atomic E-state index is 0.244. The van der Waals surface area contributed by atoms with Gasteiger partial charge in [-0.1, -0.05) is 28.1 Å². The molecule has 1 aliphatic rings. The van der Waals surface area contributed by atoms with Crippen molar-refractivity contribution in [3.05, 3.63) is 63.4 Å². The van der Waals surface area contributed by atoms with Crippen molar-refractivity contribution in [2.75, 3.05) is 5.32 Å². The van der Waals surface area contributed by atoms with Crippen LogP contribution in [0.4, 0.5) is 28.0 Å². The Balaban J connectivity index is 1.74. The van der Waals surface area contributed by atoms with Gasteiger partial charge in [0.25, 0.3) is 5.91 Å². The average Bonchev–Trinajstić information content (AvgIpc) is 3.40. The molecule has 27 heavy (non-hydrogen) atoms. The van der Waals surface area contributed by atoms with Crippen LogP contribution in [0.15, 0.2) is 40.9 Å². The average molecular weight is 445 g/mol. The van der Waals surface area contributed by atoms with E-state index in [1.807, 2.05) is 10.6 Å². The van der Waals surface area contributed by atoms with Crippen molar-refractivity contribution in [3.63, 3.8) is 0 Å². The van der Waals surface area contributed by atoms with Crippen molar-refractivity contribution in [1.82, 2.24) is 5.32 Å². The Labute approximate surface area is 160 Å². The highest BCUT2D eigenvalue weighted by Crippen LogP contribution is 2.44. The van der Waals surface area contributed by atoms with E-state index in [1.54, 1.807) is 0 Å². The smallest absolute Gasteiger partial charge is 0.307 e. The molecular weight excluding hydrogens is 432 g/mol. The van der Waals surface area contributed by atoms with Crippen molar-refractivity contribution in [2.24, 2.45) is 0 Å². The molecule has 1 fully saturated rings. The van der Waals surface area contributed by atoms with E-state index in [0.717, 1.165) is 30.5 Å². The normalized spacial score (nSPS) is 14.0. The summed E-state index contributed by atoms with van der Waals surface area (Å²) in [6, 6.07) is 5.62. The summed E-state index contributed by atoms with van der Waals surface area (Å²) in [6.45, 7) is 0. The van der Waals surface area contributed by atoms with Gasteiger partial charge in [0, 0.05) is 4.47 Å². The Morgan fingerprint density at radius 2 is 1.78 bits per heavy atom. The van der Waals surface area contributed by atoms with Gasteiger partial charge in [0.15, 0.2) is 0 Å². The minimum Gasteiger partial charge on any atom is -0.307 e. The molecule has 3 rings (SSSR count). The largest absolute Gasteiger partial charge is 0.418 e. The zero-order chi connectivity index (χ0) is 19.8. The summed E-state index contributed by atoms with van der Waals surface area (Å²) in [4.78, 5) is 24.1.